The zero-order valence-corrected chi connectivity index (χ0v) is 11.3. The normalized spacial score (nSPS) is 10.8. The van der Waals surface area contributed by atoms with E-state index in [1.165, 1.54) is 5.56 Å². The Kier molecular flexibility index (Phi) is 7.14. The molecule has 0 saturated carbocycles. The minimum Gasteiger partial charge on any atom is -0.468 e. The molecule has 0 aliphatic carbocycles. The van der Waals surface area contributed by atoms with Crippen molar-refractivity contribution in [3.8, 4) is 0 Å². The van der Waals surface area contributed by atoms with Crippen molar-refractivity contribution in [3.63, 3.8) is 0 Å². The molecule has 0 aromatic carbocycles. The van der Waals surface area contributed by atoms with Crippen LogP contribution in [0, 0.1) is 0 Å². The van der Waals surface area contributed by atoms with E-state index in [0.717, 1.165) is 44.9 Å². The van der Waals surface area contributed by atoms with Gasteiger partial charge in [-0.2, -0.15) is 0 Å². The monoisotopic (exact) mass is 248 g/mol. The molecule has 1 aromatic rings. The largest absolute Gasteiger partial charge is 0.468 e. The fourth-order valence-corrected chi connectivity index (χ4v) is 1.80. The highest BCUT2D eigenvalue weighted by molar-refractivity contribution is 5.12. The molecule has 0 bridgehead atoms. The maximum absolute atomic E-state index is 5.57. The molecule has 0 spiro atoms. The Morgan fingerprint density at radius 1 is 1.33 bits per heavy atom. The Balaban J connectivity index is 2.45. The van der Waals surface area contributed by atoms with E-state index in [4.69, 9.17) is 4.42 Å². The maximum atomic E-state index is 5.57. The van der Waals surface area contributed by atoms with Gasteiger partial charge in [0, 0.05) is 25.2 Å². The van der Waals surface area contributed by atoms with Gasteiger partial charge in [-0.3, -0.25) is 4.90 Å². The number of furan rings is 1. The fraction of sp³-hybridized carbons (Fsp3) is 0.467. The Bertz CT molecular complexity index is 347. The molecule has 0 radical (unpaired) electrons. The Morgan fingerprint density at radius 2 is 2.06 bits per heavy atom. The van der Waals surface area contributed by atoms with Crippen LogP contribution in [-0.2, 0) is 13.1 Å². The fourth-order valence-electron chi connectivity index (χ4n) is 1.80. The lowest BCUT2D eigenvalue weighted by atomic mass is 10.3. The van der Waals surface area contributed by atoms with Crippen LogP contribution in [0.15, 0.2) is 42.1 Å². The van der Waals surface area contributed by atoms with Crippen molar-refractivity contribution in [2.75, 3.05) is 19.6 Å². The second-order valence-electron chi connectivity index (χ2n) is 4.37. The van der Waals surface area contributed by atoms with Crippen molar-refractivity contribution in [2.45, 2.75) is 26.4 Å². The molecule has 0 aliphatic heterocycles. The molecule has 3 nitrogen and oxygen atoms in total. The molecule has 0 unspecified atom stereocenters. The summed E-state index contributed by atoms with van der Waals surface area (Å²) in [5.41, 5.74) is 1.20. The summed E-state index contributed by atoms with van der Waals surface area (Å²) in [6.07, 6.45) is 6.78. The molecule has 0 atom stereocenters. The average molecular weight is 248 g/mol. The molecule has 0 aliphatic rings. The number of nitrogens with one attached hydrogen (secondary N) is 1. The lowest BCUT2D eigenvalue weighted by molar-refractivity contribution is 0.295. The van der Waals surface area contributed by atoms with E-state index in [1.807, 2.05) is 18.4 Å². The Hall–Kier alpha value is -1.32. The van der Waals surface area contributed by atoms with Crippen molar-refractivity contribution < 1.29 is 4.42 Å². The number of nitrogens with zero attached hydrogens (tertiary/aromatic N) is 1. The van der Waals surface area contributed by atoms with Gasteiger partial charge in [0.15, 0.2) is 0 Å². The highest BCUT2D eigenvalue weighted by atomic mass is 16.3. The minimum atomic E-state index is 0.797. The first kappa shape index (κ1) is 14.7. The first-order valence-electron chi connectivity index (χ1n) is 6.51. The highest BCUT2D eigenvalue weighted by Crippen LogP contribution is 2.10. The Morgan fingerprint density at radius 3 is 2.67 bits per heavy atom. The molecule has 0 amide bonds. The molecule has 0 fully saturated rings. The van der Waals surface area contributed by atoms with Gasteiger partial charge >= 0.3 is 0 Å². The van der Waals surface area contributed by atoms with Gasteiger partial charge in [-0.25, -0.2) is 0 Å². The van der Waals surface area contributed by atoms with E-state index in [2.05, 4.69) is 36.4 Å². The van der Waals surface area contributed by atoms with Gasteiger partial charge < -0.3 is 9.73 Å². The van der Waals surface area contributed by atoms with Crippen LogP contribution in [0.2, 0.25) is 0 Å². The van der Waals surface area contributed by atoms with E-state index in [0.29, 0.717) is 0 Å². The van der Waals surface area contributed by atoms with E-state index >= 15 is 0 Å². The standard InChI is InChI=1S/C15H24N2O/c1-4-7-16-11-14-10-15(18-13-14)12-17(8-5-2)9-6-3/h5-6,10,13,16H,2-4,7-9,11-12H2,1H3. The van der Waals surface area contributed by atoms with Crippen molar-refractivity contribution in [3.05, 3.63) is 49.0 Å². The van der Waals surface area contributed by atoms with Gasteiger partial charge in [0.05, 0.1) is 12.8 Å². The molecule has 100 valence electrons. The van der Waals surface area contributed by atoms with Crippen LogP contribution in [0.5, 0.6) is 0 Å². The van der Waals surface area contributed by atoms with E-state index < -0.39 is 0 Å². The third-order valence-corrected chi connectivity index (χ3v) is 2.62. The van der Waals surface area contributed by atoms with E-state index in [1.54, 1.807) is 0 Å². The zero-order valence-electron chi connectivity index (χ0n) is 11.3. The second-order valence-corrected chi connectivity index (χ2v) is 4.37. The average Bonchev–Trinajstić information content (AvgIpc) is 2.78. The highest BCUT2D eigenvalue weighted by Gasteiger charge is 2.06. The maximum Gasteiger partial charge on any atom is 0.118 e. The van der Waals surface area contributed by atoms with Crippen molar-refractivity contribution in [1.82, 2.24) is 10.2 Å². The van der Waals surface area contributed by atoms with Gasteiger partial charge in [-0.15, -0.1) is 13.2 Å². The van der Waals surface area contributed by atoms with Crippen LogP contribution in [0.25, 0.3) is 0 Å². The topological polar surface area (TPSA) is 28.4 Å². The van der Waals surface area contributed by atoms with Crippen LogP contribution in [0.4, 0.5) is 0 Å². The lowest BCUT2D eigenvalue weighted by Crippen LogP contribution is -2.22. The third-order valence-electron chi connectivity index (χ3n) is 2.62. The van der Waals surface area contributed by atoms with Crippen molar-refractivity contribution >= 4 is 0 Å². The predicted octanol–water partition coefficient (Wildman–Crippen LogP) is 2.95. The number of rotatable bonds is 10. The summed E-state index contributed by atoms with van der Waals surface area (Å²) in [5.74, 6) is 0.993. The molecular weight excluding hydrogens is 224 g/mol. The van der Waals surface area contributed by atoms with Crippen molar-refractivity contribution in [2.24, 2.45) is 0 Å². The van der Waals surface area contributed by atoms with Gasteiger partial charge in [0.2, 0.25) is 0 Å². The number of hydrogen-bond acceptors (Lipinski definition) is 3. The summed E-state index contributed by atoms with van der Waals surface area (Å²) in [6.45, 7) is 14.1. The summed E-state index contributed by atoms with van der Waals surface area (Å²) in [6, 6.07) is 2.11. The molecule has 0 saturated heterocycles. The van der Waals surface area contributed by atoms with E-state index in [9.17, 15) is 0 Å². The zero-order chi connectivity index (χ0) is 13.2. The SMILES string of the molecule is C=CCN(CC=C)Cc1cc(CNCCC)co1. The first-order chi connectivity index (χ1) is 8.80. The second kappa shape index (κ2) is 8.72. The number of hydrogen-bond donors (Lipinski definition) is 1. The molecule has 3 heteroatoms. The van der Waals surface area contributed by atoms with Gasteiger partial charge in [-0.1, -0.05) is 19.1 Å². The summed E-state index contributed by atoms with van der Waals surface area (Å²) >= 11 is 0. The van der Waals surface area contributed by atoms with Gasteiger partial charge in [-0.05, 0) is 19.0 Å². The molecule has 1 aromatic heterocycles. The molecule has 18 heavy (non-hydrogen) atoms. The molecule has 1 N–H and O–H groups in total. The summed E-state index contributed by atoms with van der Waals surface area (Å²) in [5, 5.41) is 3.36. The molecular formula is C15H24N2O. The van der Waals surface area contributed by atoms with Gasteiger partial charge in [0.1, 0.15) is 5.76 Å². The quantitative estimate of drug-likeness (QED) is 0.510. The smallest absolute Gasteiger partial charge is 0.118 e. The third kappa shape index (κ3) is 5.34. The summed E-state index contributed by atoms with van der Waals surface area (Å²) < 4.78 is 5.57. The molecule has 1 rings (SSSR count). The van der Waals surface area contributed by atoms with Crippen LogP contribution >= 0.6 is 0 Å². The van der Waals surface area contributed by atoms with Crippen LogP contribution in [-0.4, -0.2) is 24.5 Å². The van der Waals surface area contributed by atoms with Crippen molar-refractivity contribution in [1.29, 1.82) is 0 Å². The Labute approximate surface area is 110 Å². The van der Waals surface area contributed by atoms with Crippen LogP contribution < -0.4 is 5.32 Å². The predicted molar refractivity (Wildman–Crippen MR) is 76.4 cm³/mol. The minimum absolute atomic E-state index is 0.797. The van der Waals surface area contributed by atoms with Crippen LogP contribution in [0.1, 0.15) is 24.7 Å². The van der Waals surface area contributed by atoms with Crippen LogP contribution in [0.3, 0.4) is 0 Å². The van der Waals surface area contributed by atoms with Gasteiger partial charge in [0.25, 0.3) is 0 Å². The lowest BCUT2D eigenvalue weighted by Gasteiger charge is -2.16. The van der Waals surface area contributed by atoms with E-state index in [-0.39, 0.29) is 0 Å². The summed E-state index contributed by atoms with van der Waals surface area (Å²) in [4.78, 5) is 2.22. The summed E-state index contributed by atoms with van der Waals surface area (Å²) in [7, 11) is 0. The first-order valence-corrected chi connectivity index (χ1v) is 6.51. The molecule has 1 heterocycles.